The first kappa shape index (κ1) is 19.9. The Bertz CT molecular complexity index is 837. The fourth-order valence-electron chi connectivity index (χ4n) is 3.30. The predicted molar refractivity (Wildman–Crippen MR) is 94.2 cm³/mol. The molecule has 0 spiro atoms. The van der Waals surface area contributed by atoms with Gasteiger partial charge in [-0.05, 0) is 24.5 Å². The van der Waals surface area contributed by atoms with Crippen molar-refractivity contribution in [1.82, 2.24) is 19.6 Å². The van der Waals surface area contributed by atoms with Gasteiger partial charge in [-0.15, -0.1) is 0 Å². The Morgan fingerprint density at radius 1 is 1.21 bits per heavy atom. The molecule has 7 nitrogen and oxygen atoms in total. The van der Waals surface area contributed by atoms with Crippen molar-refractivity contribution in [2.24, 2.45) is 5.73 Å². The number of primary amides is 1. The fourth-order valence-corrected chi connectivity index (χ4v) is 3.30. The molecule has 10 heteroatoms. The molecule has 0 bridgehead atoms. The lowest BCUT2D eigenvalue weighted by molar-refractivity contribution is -0.265. The molecule has 1 aliphatic heterocycles. The molecule has 3 rings (SSSR count). The van der Waals surface area contributed by atoms with E-state index in [-0.39, 0.29) is 18.8 Å². The van der Waals surface area contributed by atoms with E-state index in [9.17, 15) is 22.8 Å². The molecule has 2 heterocycles. The van der Waals surface area contributed by atoms with Gasteiger partial charge in [-0.25, -0.2) is 9.69 Å². The zero-order valence-electron chi connectivity index (χ0n) is 15.0. The highest BCUT2D eigenvalue weighted by Crippen LogP contribution is 2.30. The lowest BCUT2D eigenvalue weighted by Crippen LogP contribution is -2.54. The second-order valence-electron chi connectivity index (χ2n) is 6.62. The third-order valence-electron chi connectivity index (χ3n) is 4.67. The number of halogens is 3. The van der Waals surface area contributed by atoms with E-state index in [1.165, 1.54) is 17.2 Å². The second-order valence-corrected chi connectivity index (χ2v) is 6.62. The Hall–Kier alpha value is -2.88. The molecular weight excluding hydrogens is 375 g/mol. The highest BCUT2D eigenvalue weighted by Gasteiger charge is 2.43. The van der Waals surface area contributed by atoms with Gasteiger partial charge >= 0.3 is 12.3 Å². The van der Waals surface area contributed by atoms with Gasteiger partial charge in [0.1, 0.15) is 0 Å². The van der Waals surface area contributed by atoms with Crippen molar-refractivity contribution >= 4 is 11.9 Å². The first-order valence-electron chi connectivity index (χ1n) is 8.78. The number of hydrogen-bond donors (Lipinski definition) is 1. The Morgan fingerprint density at radius 3 is 2.54 bits per heavy atom. The maximum atomic E-state index is 13.7. The van der Waals surface area contributed by atoms with Gasteiger partial charge in [-0.3, -0.25) is 4.79 Å². The summed E-state index contributed by atoms with van der Waals surface area (Å²) in [5.41, 5.74) is 5.58. The van der Waals surface area contributed by atoms with Gasteiger partial charge < -0.3 is 10.6 Å². The summed E-state index contributed by atoms with van der Waals surface area (Å²) in [7, 11) is 0. The Balaban J connectivity index is 1.75. The van der Waals surface area contributed by atoms with Gasteiger partial charge in [0, 0.05) is 31.9 Å². The Morgan fingerprint density at radius 2 is 1.93 bits per heavy atom. The number of aromatic nitrogens is 2. The van der Waals surface area contributed by atoms with Gasteiger partial charge in [-0.2, -0.15) is 23.0 Å². The molecule has 0 saturated carbocycles. The van der Waals surface area contributed by atoms with Crippen LogP contribution in [-0.2, 0) is 6.54 Å². The van der Waals surface area contributed by atoms with Gasteiger partial charge in [0.15, 0.2) is 5.69 Å². The van der Waals surface area contributed by atoms with E-state index in [1.807, 2.05) is 0 Å². The van der Waals surface area contributed by atoms with Crippen LogP contribution in [-0.4, -0.2) is 57.0 Å². The summed E-state index contributed by atoms with van der Waals surface area (Å²) in [5.74, 6) is -0.783. The smallest absolute Gasteiger partial charge is 0.364 e. The molecule has 1 unspecified atom stereocenters. The third kappa shape index (κ3) is 4.50. The van der Waals surface area contributed by atoms with Crippen molar-refractivity contribution in [3.8, 4) is 0 Å². The normalized spacial score (nSPS) is 17.7. The predicted octanol–water partition coefficient (Wildman–Crippen LogP) is 2.44. The molecule has 1 saturated heterocycles. The molecule has 1 aromatic carbocycles. The van der Waals surface area contributed by atoms with Gasteiger partial charge in [0.25, 0.3) is 5.91 Å². The van der Waals surface area contributed by atoms with E-state index in [4.69, 9.17) is 5.73 Å². The zero-order valence-corrected chi connectivity index (χ0v) is 15.0. The topological polar surface area (TPSA) is 84.5 Å². The highest BCUT2D eigenvalue weighted by atomic mass is 19.4. The van der Waals surface area contributed by atoms with Crippen LogP contribution in [0.1, 0.15) is 28.9 Å². The van der Waals surface area contributed by atoms with Crippen LogP contribution in [0.15, 0.2) is 42.6 Å². The van der Waals surface area contributed by atoms with Crippen molar-refractivity contribution in [3.05, 3.63) is 53.9 Å². The number of likely N-dealkylation sites (tertiary alicyclic amines) is 1. The standard InChI is InChI=1S/C18H20F3N5O2/c19-18(20,21)25(11-13-5-2-1-3-6-13)14-7-4-9-24(12-14)17(28)26-10-8-15(23-26)16(22)27/h1-3,5-6,8,10,14H,4,7,9,11-12H2,(H2,22,27). The number of nitrogens with zero attached hydrogens (tertiary/aromatic N) is 4. The molecule has 2 N–H and O–H groups in total. The fraction of sp³-hybridized carbons (Fsp3) is 0.389. The van der Waals surface area contributed by atoms with E-state index in [0.29, 0.717) is 29.8 Å². The molecule has 1 fully saturated rings. The summed E-state index contributed by atoms with van der Waals surface area (Å²) in [6.45, 7) is -0.0558. The Kier molecular flexibility index (Phi) is 5.68. The van der Waals surface area contributed by atoms with Gasteiger partial charge in [0.05, 0.1) is 0 Å². The van der Waals surface area contributed by atoms with E-state index in [2.05, 4.69) is 5.10 Å². The van der Waals surface area contributed by atoms with Crippen LogP contribution in [0.4, 0.5) is 18.0 Å². The maximum absolute atomic E-state index is 13.7. The number of carbonyl (C=O) groups excluding carboxylic acids is 2. The van der Waals surface area contributed by atoms with Crippen molar-refractivity contribution in [1.29, 1.82) is 0 Å². The third-order valence-corrected chi connectivity index (χ3v) is 4.67. The molecule has 1 atom stereocenters. The zero-order chi connectivity index (χ0) is 20.3. The molecule has 0 radical (unpaired) electrons. The number of benzene rings is 1. The molecule has 150 valence electrons. The SMILES string of the molecule is NC(=O)c1ccn(C(=O)N2CCCC(N(Cc3ccccc3)C(F)(F)F)C2)n1. The number of piperidine rings is 1. The first-order valence-corrected chi connectivity index (χ1v) is 8.78. The number of alkyl halides is 3. The lowest BCUT2D eigenvalue weighted by atomic mass is 10.0. The largest absolute Gasteiger partial charge is 0.460 e. The molecule has 2 aromatic rings. The van der Waals surface area contributed by atoms with E-state index in [1.54, 1.807) is 30.3 Å². The minimum Gasteiger partial charge on any atom is -0.364 e. The van der Waals surface area contributed by atoms with Crippen molar-refractivity contribution in [2.75, 3.05) is 13.1 Å². The Labute approximate surface area is 159 Å². The summed E-state index contributed by atoms with van der Waals surface area (Å²) >= 11 is 0. The van der Waals surface area contributed by atoms with Gasteiger partial charge in [-0.1, -0.05) is 30.3 Å². The molecule has 0 aliphatic carbocycles. The van der Waals surface area contributed by atoms with Crippen molar-refractivity contribution in [3.63, 3.8) is 0 Å². The van der Waals surface area contributed by atoms with Crippen LogP contribution >= 0.6 is 0 Å². The summed E-state index contributed by atoms with van der Waals surface area (Å²) in [4.78, 5) is 25.5. The van der Waals surface area contributed by atoms with E-state index >= 15 is 0 Å². The van der Waals surface area contributed by atoms with Gasteiger partial charge in [0.2, 0.25) is 0 Å². The van der Waals surface area contributed by atoms with Crippen LogP contribution in [0.3, 0.4) is 0 Å². The monoisotopic (exact) mass is 395 g/mol. The molecule has 28 heavy (non-hydrogen) atoms. The number of hydrogen-bond acceptors (Lipinski definition) is 4. The van der Waals surface area contributed by atoms with Crippen LogP contribution in [0.2, 0.25) is 0 Å². The number of amides is 2. The van der Waals surface area contributed by atoms with Crippen LogP contribution in [0, 0.1) is 0 Å². The van der Waals surface area contributed by atoms with E-state index in [0.717, 1.165) is 4.68 Å². The summed E-state index contributed by atoms with van der Waals surface area (Å²) in [6.07, 6.45) is -2.50. The molecule has 1 aromatic heterocycles. The van der Waals surface area contributed by atoms with Crippen molar-refractivity contribution in [2.45, 2.75) is 31.7 Å². The van der Waals surface area contributed by atoms with Crippen LogP contribution < -0.4 is 5.73 Å². The maximum Gasteiger partial charge on any atom is 0.460 e. The van der Waals surface area contributed by atoms with Crippen molar-refractivity contribution < 1.29 is 22.8 Å². The summed E-state index contributed by atoms with van der Waals surface area (Å²) in [6, 6.07) is 8.23. The summed E-state index contributed by atoms with van der Waals surface area (Å²) in [5, 5.41) is 3.79. The number of nitrogens with two attached hydrogens (primary N) is 1. The average Bonchev–Trinajstić information content (AvgIpc) is 3.16. The quantitative estimate of drug-likeness (QED) is 0.806. The highest BCUT2D eigenvalue weighted by molar-refractivity contribution is 5.91. The molecule has 1 aliphatic rings. The average molecular weight is 395 g/mol. The van der Waals surface area contributed by atoms with E-state index < -0.39 is 24.3 Å². The second kappa shape index (κ2) is 8.01. The number of carbonyl (C=O) groups is 2. The minimum absolute atomic E-state index is 0.0806. The number of rotatable bonds is 4. The molecule has 2 amide bonds. The molecular formula is C18H20F3N5O2. The summed E-state index contributed by atoms with van der Waals surface area (Å²) < 4.78 is 42.0. The minimum atomic E-state index is -4.53. The van der Waals surface area contributed by atoms with Crippen LogP contribution in [0.25, 0.3) is 0 Å². The van der Waals surface area contributed by atoms with Crippen LogP contribution in [0.5, 0.6) is 0 Å². The first-order chi connectivity index (χ1) is 13.3. The lowest BCUT2D eigenvalue weighted by Gasteiger charge is -2.39.